The van der Waals surface area contributed by atoms with Crippen LogP contribution in [-0.4, -0.2) is 14.3 Å². The van der Waals surface area contributed by atoms with E-state index in [4.69, 9.17) is 0 Å². The average molecular weight is 423 g/mol. The molecule has 2 aromatic rings. The van der Waals surface area contributed by atoms with Crippen LogP contribution in [0.5, 0.6) is 0 Å². The van der Waals surface area contributed by atoms with Gasteiger partial charge in [-0.05, 0) is 68.0 Å². The lowest BCUT2D eigenvalue weighted by atomic mass is 9.92. The summed E-state index contributed by atoms with van der Waals surface area (Å²) in [6.45, 7) is 8.77. The summed E-state index contributed by atoms with van der Waals surface area (Å²) in [5.41, 5.74) is 3.92. The maximum absolute atomic E-state index is 12.9. The second kappa shape index (κ2) is 9.13. The van der Waals surface area contributed by atoms with Gasteiger partial charge in [-0.15, -0.1) is 0 Å². The van der Waals surface area contributed by atoms with Gasteiger partial charge in [-0.1, -0.05) is 43.5 Å². The summed E-state index contributed by atoms with van der Waals surface area (Å²) >= 11 is 0. The maximum Gasteiger partial charge on any atom is 0.262 e. The number of anilines is 1. The summed E-state index contributed by atoms with van der Waals surface area (Å²) in [6, 6.07) is 12.3. The molecule has 5 nitrogen and oxygen atoms in total. The Kier molecular flexibility index (Phi) is 6.57. The zero-order valence-electron chi connectivity index (χ0n) is 17.1. The average Bonchev–Trinajstić information content (AvgIpc) is 2.74. The molecule has 0 fully saturated rings. The van der Waals surface area contributed by atoms with Gasteiger partial charge in [-0.25, -0.2) is 8.42 Å². The summed E-state index contributed by atoms with van der Waals surface area (Å²) in [7, 11) is -3.87. The van der Waals surface area contributed by atoms with Gasteiger partial charge >= 0.3 is 0 Å². The highest BCUT2D eigenvalue weighted by Gasteiger charge is 2.20. The molecule has 30 heavy (non-hydrogen) atoms. The van der Waals surface area contributed by atoms with Crippen LogP contribution in [0.25, 0.3) is 5.57 Å². The van der Waals surface area contributed by atoms with Crippen LogP contribution < -0.4 is 10.0 Å². The third-order valence-corrected chi connectivity index (χ3v) is 6.61. The fraction of sp³-hybridized carbons (Fsp3) is 0.208. The number of sulfonamides is 1. The number of hydrogen-bond donors (Lipinski definition) is 2. The number of carbonyl (C=O) groups excluding carboxylic acids is 1. The second-order valence-electron chi connectivity index (χ2n) is 7.29. The van der Waals surface area contributed by atoms with E-state index in [-0.39, 0.29) is 22.1 Å². The van der Waals surface area contributed by atoms with Crippen LogP contribution in [0.1, 0.15) is 47.2 Å². The van der Waals surface area contributed by atoms with Crippen LogP contribution in [0.4, 0.5) is 5.69 Å². The lowest BCUT2D eigenvalue weighted by molar-refractivity contribution is 0.102. The van der Waals surface area contributed by atoms with Crippen molar-refractivity contribution >= 4 is 27.2 Å². The summed E-state index contributed by atoms with van der Waals surface area (Å²) in [5, 5.41) is 2.95. The monoisotopic (exact) mass is 422 g/mol. The molecule has 0 saturated heterocycles. The molecular formula is C24H26N2O3S. The first-order valence-electron chi connectivity index (χ1n) is 9.86. The van der Waals surface area contributed by atoms with E-state index in [1.54, 1.807) is 19.1 Å². The third kappa shape index (κ3) is 4.89. The van der Waals surface area contributed by atoms with Gasteiger partial charge in [0.2, 0.25) is 0 Å². The van der Waals surface area contributed by atoms with E-state index < -0.39 is 10.0 Å². The summed E-state index contributed by atoms with van der Waals surface area (Å²) < 4.78 is 27.7. The van der Waals surface area contributed by atoms with Gasteiger partial charge < -0.3 is 5.32 Å². The molecule has 0 bridgehead atoms. The quantitative estimate of drug-likeness (QED) is 0.604. The first-order valence-corrected chi connectivity index (χ1v) is 11.3. The van der Waals surface area contributed by atoms with Crippen LogP contribution >= 0.6 is 0 Å². The van der Waals surface area contributed by atoms with Crippen molar-refractivity contribution in [1.29, 1.82) is 0 Å². The molecule has 1 aliphatic carbocycles. The molecule has 0 radical (unpaired) electrons. The molecule has 0 unspecified atom stereocenters. The van der Waals surface area contributed by atoms with Crippen molar-refractivity contribution in [2.75, 3.05) is 5.32 Å². The van der Waals surface area contributed by atoms with E-state index in [0.29, 0.717) is 5.56 Å². The van der Waals surface area contributed by atoms with Crippen molar-refractivity contribution in [3.05, 3.63) is 90.2 Å². The highest BCUT2D eigenvalue weighted by atomic mass is 32.2. The lowest BCUT2D eigenvalue weighted by Gasteiger charge is -2.17. The number of carbonyl (C=O) groups is 1. The Morgan fingerprint density at radius 3 is 2.60 bits per heavy atom. The summed E-state index contributed by atoms with van der Waals surface area (Å²) in [5.74, 6) is -0.363. The minimum Gasteiger partial charge on any atom is -0.321 e. The van der Waals surface area contributed by atoms with Gasteiger partial charge in [-0.2, -0.15) is 0 Å². The highest BCUT2D eigenvalue weighted by Crippen LogP contribution is 2.32. The molecular weight excluding hydrogens is 396 g/mol. The topological polar surface area (TPSA) is 75.3 Å². The van der Waals surface area contributed by atoms with Gasteiger partial charge in [0.25, 0.3) is 15.9 Å². The molecule has 0 spiro atoms. The summed E-state index contributed by atoms with van der Waals surface area (Å²) in [6.07, 6.45) is 7.89. The molecule has 6 heteroatoms. The normalized spacial score (nSPS) is 13.8. The number of benzene rings is 2. The number of aryl methyl sites for hydroxylation is 1. The van der Waals surface area contributed by atoms with Gasteiger partial charge in [0.1, 0.15) is 0 Å². The Morgan fingerprint density at radius 2 is 1.90 bits per heavy atom. The molecule has 0 atom stereocenters. The number of para-hydroxylation sites is 1. The van der Waals surface area contributed by atoms with E-state index in [0.717, 1.165) is 30.5 Å². The van der Waals surface area contributed by atoms with Crippen molar-refractivity contribution in [3.8, 4) is 0 Å². The largest absolute Gasteiger partial charge is 0.321 e. The van der Waals surface area contributed by atoms with Gasteiger partial charge in [0.15, 0.2) is 0 Å². The van der Waals surface area contributed by atoms with E-state index in [2.05, 4.69) is 29.3 Å². The predicted molar refractivity (Wildman–Crippen MR) is 122 cm³/mol. The Balaban J connectivity index is 1.90. The SMILES string of the molecule is C=CC(=C)NS(=O)(=O)c1cc(C(=O)Nc2ccccc2C2=CCCCC2)ccc1C. The number of hydrogen-bond acceptors (Lipinski definition) is 3. The number of rotatable bonds is 7. The molecule has 0 saturated carbocycles. The Morgan fingerprint density at radius 1 is 1.13 bits per heavy atom. The van der Waals surface area contributed by atoms with Gasteiger partial charge in [0.05, 0.1) is 4.90 Å². The smallest absolute Gasteiger partial charge is 0.262 e. The molecule has 1 aliphatic rings. The van der Waals surface area contributed by atoms with Crippen LogP contribution in [0.3, 0.4) is 0 Å². The van der Waals surface area contributed by atoms with Crippen LogP contribution in [0.2, 0.25) is 0 Å². The first-order chi connectivity index (χ1) is 14.3. The van der Waals surface area contributed by atoms with E-state index in [1.165, 1.54) is 24.1 Å². The third-order valence-electron chi connectivity index (χ3n) is 5.06. The molecule has 2 aromatic carbocycles. The van der Waals surface area contributed by atoms with Crippen molar-refractivity contribution < 1.29 is 13.2 Å². The van der Waals surface area contributed by atoms with E-state index >= 15 is 0 Å². The molecule has 0 aliphatic heterocycles. The Hall–Kier alpha value is -3.12. The van der Waals surface area contributed by atoms with Gasteiger partial charge in [0, 0.05) is 22.5 Å². The van der Waals surface area contributed by atoms with Gasteiger partial charge in [-0.3, -0.25) is 9.52 Å². The summed E-state index contributed by atoms with van der Waals surface area (Å²) in [4.78, 5) is 13.0. The van der Waals surface area contributed by atoms with Crippen LogP contribution in [0.15, 0.2) is 78.4 Å². The molecule has 1 amide bonds. The van der Waals surface area contributed by atoms with Crippen molar-refractivity contribution in [2.24, 2.45) is 0 Å². The second-order valence-corrected chi connectivity index (χ2v) is 8.94. The number of allylic oxidation sites excluding steroid dienone is 3. The Labute approximate surface area is 178 Å². The molecule has 2 N–H and O–H groups in total. The number of nitrogens with one attached hydrogen (secondary N) is 2. The minimum atomic E-state index is -3.87. The fourth-order valence-electron chi connectivity index (χ4n) is 3.45. The Bertz CT molecular complexity index is 1130. The first kappa shape index (κ1) is 21.6. The fourth-order valence-corrected chi connectivity index (χ4v) is 4.76. The van der Waals surface area contributed by atoms with Crippen molar-refractivity contribution in [2.45, 2.75) is 37.5 Å². The number of amides is 1. The lowest BCUT2D eigenvalue weighted by Crippen LogP contribution is -2.23. The molecule has 0 heterocycles. The molecule has 3 rings (SSSR count). The maximum atomic E-state index is 12.9. The predicted octanol–water partition coefficient (Wildman–Crippen LogP) is 5.18. The standard InChI is InChI=1S/C24H26N2O3S/c1-4-18(3)26-30(28,29)23-16-20(15-14-17(23)2)24(27)25-22-13-9-8-12-21(22)19-10-6-5-7-11-19/h4,8-10,12-16,26H,1,3,5-7,11H2,2H3,(H,25,27). The van der Waals surface area contributed by atoms with E-state index in [9.17, 15) is 13.2 Å². The zero-order valence-corrected chi connectivity index (χ0v) is 17.9. The minimum absolute atomic E-state index is 0.0291. The molecule has 156 valence electrons. The molecule has 0 aromatic heterocycles. The van der Waals surface area contributed by atoms with Crippen molar-refractivity contribution in [3.63, 3.8) is 0 Å². The van der Waals surface area contributed by atoms with Crippen molar-refractivity contribution in [1.82, 2.24) is 4.72 Å². The highest BCUT2D eigenvalue weighted by molar-refractivity contribution is 7.89. The van der Waals surface area contributed by atoms with Crippen LogP contribution in [0, 0.1) is 6.92 Å². The van der Waals surface area contributed by atoms with E-state index in [1.807, 2.05) is 24.3 Å². The van der Waals surface area contributed by atoms with Crippen LogP contribution in [-0.2, 0) is 10.0 Å². The zero-order chi connectivity index (χ0) is 21.7.